The number of hydrogen-bond acceptors (Lipinski definition) is 4. The van der Waals surface area contributed by atoms with Crippen LogP contribution in [0.4, 0.5) is 0 Å². The molecule has 1 aromatic carbocycles. The molecule has 0 unspecified atom stereocenters. The Bertz CT molecular complexity index is 959. The summed E-state index contributed by atoms with van der Waals surface area (Å²) < 4.78 is 0. The first-order valence-electron chi connectivity index (χ1n) is 7.04. The Balaban J connectivity index is 1.87. The molecule has 4 aromatic rings. The van der Waals surface area contributed by atoms with Crippen LogP contribution in [-0.4, -0.2) is 15.0 Å². The minimum absolute atomic E-state index is 0.976. The summed E-state index contributed by atoms with van der Waals surface area (Å²) in [6.45, 7) is 2.01. The Hall–Kier alpha value is -2.59. The predicted octanol–water partition coefficient (Wildman–Crippen LogP) is 4.73. The summed E-state index contributed by atoms with van der Waals surface area (Å²) >= 11 is 1.62. The molecular weight excluding hydrogens is 290 g/mol. The number of pyridine rings is 2. The van der Waals surface area contributed by atoms with Crippen LogP contribution in [0.2, 0.25) is 0 Å². The van der Waals surface area contributed by atoms with E-state index < -0.39 is 0 Å². The highest BCUT2D eigenvalue weighted by atomic mass is 32.1. The lowest BCUT2D eigenvalue weighted by Crippen LogP contribution is -1.87. The maximum absolute atomic E-state index is 4.62. The van der Waals surface area contributed by atoms with Gasteiger partial charge in [-0.1, -0.05) is 18.2 Å². The number of hydrogen-bond donors (Lipinski definition) is 0. The van der Waals surface area contributed by atoms with Crippen molar-refractivity contribution >= 4 is 22.2 Å². The predicted molar refractivity (Wildman–Crippen MR) is 90.8 cm³/mol. The highest BCUT2D eigenvalue weighted by Crippen LogP contribution is 2.34. The lowest BCUT2D eigenvalue weighted by Gasteiger charge is -2.05. The molecule has 22 heavy (non-hydrogen) atoms. The average molecular weight is 303 g/mol. The van der Waals surface area contributed by atoms with Crippen LogP contribution in [0.15, 0.2) is 60.2 Å². The van der Waals surface area contributed by atoms with E-state index in [0.29, 0.717) is 0 Å². The lowest BCUT2D eigenvalue weighted by molar-refractivity contribution is 1.21. The molecule has 0 atom stereocenters. The summed E-state index contributed by atoms with van der Waals surface area (Å²) in [5, 5.41) is 1.12. The number of thiazole rings is 1. The molecule has 0 saturated carbocycles. The van der Waals surface area contributed by atoms with E-state index >= 15 is 0 Å². The van der Waals surface area contributed by atoms with Gasteiger partial charge in [0.1, 0.15) is 0 Å². The number of benzene rings is 1. The second kappa shape index (κ2) is 5.31. The molecule has 0 bridgehead atoms. The second-order valence-electron chi connectivity index (χ2n) is 5.11. The Kier molecular flexibility index (Phi) is 3.16. The van der Waals surface area contributed by atoms with Gasteiger partial charge in [-0.3, -0.25) is 9.97 Å². The van der Waals surface area contributed by atoms with Crippen molar-refractivity contribution in [1.82, 2.24) is 15.0 Å². The van der Waals surface area contributed by atoms with Crippen molar-refractivity contribution in [3.8, 4) is 21.8 Å². The van der Waals surface area contributed by atoms with Gasteiger partial charge in [-0.05, 0) is 37.3 Å². The zero-order valence-corrected chi connectivity index (χ0v) is 12.8. The number of nitrogens with zero attached hydrogens (tertiary/aromatic N) is 3. The molecule has 0 aliphatic rings. The minimum Gasteiger partial charge on any atom is -0.256 e. The van der Waals surface area contributed by atoms with Gasteiger partial charge in [-0.15, -0.1) is 11.3 Å². The van der Waals surface area contributed by atoms with Gasteiger partial charge < -0.3 is 0 Å². The molecule has 0 spiro atoms. The highest BCUT2D eigenvalue weighted by molar-refractivity contribution is 7.13. The molecule has 0 fully saturated rings. The zero-order chi connectivity index (χ0) is 14.9. The fourth-order valence-electron chi connectivity index (χ4n) is 2.53. The number of aromatic nitrogens is 3. The molecule has 0 aliphatic carbocycles. The summed E-state index contributed by atoms with van der Waals surface area (Å²) in [7, 11) is 0. The van der Waals surface area contributed by atoms with Gasteiger partial charge in [-0.2, -0.15) is 0 Å². The largest absolute Gasteiger partial charge is 0.256 e. The van der Waals surface area contributed by atoms with Crippen molar-refractivity contribution in [2.75, 3.05) is 0 Å². The lowest BCUT2D eigenvalue weighted by atomic mass is 10.1. The standard InChI is InChI=1S/C18H13N3S/c1-12-4-2-6-16(21-12)18-17(20-11-22-18)14-7-8-15-13(10-14)5-3-9-19-15/h2-11H,1H3. The molecule has 106 valence electrons. The van der Waals surface area contributed by atoms with Gasteiger partial charge in [0.2, 0.25) is 0 Å². The van der Waals surface area contributed by atoms with Crippen molar-refractivity contribution in [1.29, 1.82) is 0 Å². The molecule has 0 amide bonds. The van der Waals surface area contributed by atoms with Crippen LogP contribution in [0.5, 0.6) is 0 Å². The zero-order valence-electron chi connectivity index (χ0n) is 12.0. The summed E-state index contributed by atoms with van der Waals surface area (Å²) in [5.41, 5.74) is 6.94. The molecule has 0 N–H and O–H groups in total. The van der Waals surface area contributed by atoms with Crippen LogP contribution in [-0.2, 0) is 0 Å². The normalized spacial score (nSPS) is 11.0. The minimum atomic E-state index is 0.976. The maximum atomic E-state index is 4.62. The molecule has 0 saturated heterocycles. The molecule has 4 rings (SSSR count). The third-order valence-electron chi connectivity index (χ3n) is 3.56. The third kappa shape index (κ3) is 2.27. The van der Waals surface area contributed by atoms with Gasteiger partial charge in [-0.25, -0.2) is 4.98 Å². The van der Waals surface area contributed by atoms with Crippen molar-refractivity contribution in [3.05, 3.63) is 65.9 Å². The van der Waals surface area contributed by atoms with E-state index in [-0.39, 0.29) is 0 Å². The van der Waals surface area contributed by atoms with Gasteiger partial charge in [0.25, 0.3) is 0 Å². The topological polar surface area (TPSA) is 38.7 Å². The van der Waals surface area contributed by atoms with Crippen molar-refractivity contribution in [3.63, 3.8) is 0 Å². The molecule has 3 nitrogen and oxygen atoms in total. The maximum Gasteiger partial charge on any atom is 0.0906 e. The Morgan fingerprint density at radius 2 is 1.91 bits per heavy atom. The molecule has 0 radical (unpaired) electrons. The fraction of sp³-hybridized carbons (Fsp3) is 0.0556. The first-order chi connectivity index (χ1) is 10.8. The highest BCUT2D eigenvalue weighted by Gasteiger charge is 2.12. The molecule has 3 heterocycles. The van der Waals surface area contributed by atoms with E-state index in [2.05, 4.69) is 33.2 Å². The first-order valence-corrected chi connectivity index (χ1v) is 7.92. The Morgan fingerprint density at radius 3 is 2.82 bits per heavy atom. The Morgan fingerprint density at radius 1 is 0.955 bits per heavy atom. The molecule has 0 aliphatic heterocycles. The van der Waals surface area contributed by atoms with Crippen LogP contribution >= 0.6 is 11.3 Å². The van der Waals surface area contributed by atoms with Crippen molar-refractivity contribution in [2.45, 2.75) is 6.92 Å². The van der Waals surface area contributed by atoms with Crippen LogP contribution in [0.3, 0.4) is 0 Å². The fourth-order valence-corrected chi connectivity index (χ4v) is 3.31. The van der Waals surface area contributed by atoms with E-state index in [4.69, 9.17) is 0 Å². The quantitative estimate of drug-likeness (QED) is 0.537. The van der Waals surface area contributed by atoms with Crippen molar-refractivity contribution < 1.29 is 0 Å². The van der Waals surface area contributed by atoms with E-state index in [1.165, 1.54) is 0 Å². The van der Waals surface area contributed by atoms with Crippen LogP contribution < -0.4 is 0 Å². The second-order valence-corrected chi connectivity index (χ2v) is 5.96. The van der Waals surface area contributed by atoms with Gasteiger partial charge >= 0.3 is 0 Å². The summed E-state index contributed by atoms with van der Waals surface area (Å²) in [5.74, 6) is 0. The van der Waals surface area contributed by atoms with Crippen molar-refractivity contribution in [2.24, 2.45) is 0 Å². The monoisotopic (exact) mass is 303 g/mol. The van der Waals surface area contributed by atoms with E-state index in [1.807, 2.05) is 49.0 Å². The molecule has 3 aromatic heterocycles. The summed E-state index contributed by atoms with van der Waals surface area (Å²) in [4.78, 5) is 14.6. The molecule has 4 heteroatoms. The van der Waals surface area contributed by atoms with Gasteiger partial charge in [0, 0.05) is 22.8 Å². The molecular formula is C18H13N3S. The van der Waals surface area contributed by atoms with Crippen LogP contribution in [0, 0.1) is 6.92 Å². The van der Waals surface area contributed by atoms with E-state index in [1.54, 1.807) is 11.3 Å². The van der Waals surface area contributed by atoms with Crippen LogP contribution in [0.1, 0.15) is 5.69 Å². The third-order valence-corrected chi connectivity index (χ3v) is 4.41. The van der Waals surface area contributed by atoms with Crippen LogP contribution in [0.25, 0.3) is 32.7 Å². The SMILES string of the molecule is Cc1cccc(-c2scnc2-c2ccc3ncccc3c2)n1. The first kappa shape index (κ1) is 13.1. The van der Waals surface area contributed by atoms with E-state index in [9.17, 15) is 0 Å². The van der Waals surface area contributed by atoms with Gasteiger partial charge in [0.05, 0.1) is 27.3 Å². The smallest absolute Gasteiger partial charge is 0.0906 e. The average Bonchev–Trinajstić information content (AvgIpc) is 3.04. The number of fused-ring (bicyclic) bond motifs is 1. The summed E-state index contributed by atoms with van der Waals surface area (Å²) in [6.07, 6.45) is 1.81. The van der Waals surface area contributed by atoms with Gasteiger partial charge in [0.15, 0.2) is 0 Å². The summed E-state index contributed by atoms with van der Waals surface area (Å²) in [6, 6.07) is 16.3. The number of aryl methyl sites for hydroxylation is 1. The van der Waals surface area contributed by atoms with E-state index in [0.717, 1.165) is 38.4 Å². The Labute approximate surface area is 132 Å². The number of rotatable bonds is 2.